The van der Waals surface area contributed by atoms with Crippen molar-refractivity contribution in [3.05, 3.63) is 59.2 Å². The SMILES string of the molecule is CC(C)(N=CC1(C)C=CC=CC1Cl)c1ccccc1Cl. The first-order chi connectivity index (χ1) is 9.35. The average molecular weight is 308 g/mol. The molecule has 2 atom stereocenters. The van der Waals surface area contributed by atoms with Gasteiger partial charge >= 0.3 is 0 Å². The topological polar surface area (TPSA) is 12.4 Å². The van der Waals surface area contributed by atoms with Gasteiger partial charge in [0.2, 0.25) is 0 Å². The Hall–Kier alpha value is -1.05. The highest BCUT2D eigenvalue weighted by atomic mass is 35.5. The van der Waals surface area contributed by atoms with Gasteiger partial charge in [0.05, 0.1) is 10.9 Å². The van der Waals surface area contributed by atoms with Gasteiger partial charge in [0.15, 0.2) is 0 Å². The Labute approximate surface area is 131 Å². The number of benzene rings is 1. The van der Waals surface area contributed by atoms with Crippen molar-refractivity contribution in [2.75, 3.05) is 0 Å². The maximum absolute atomic E-state index is 6.37. The summed E-state index contributed by atoms with van der Waals surface area (Å²) in [5.41, 5.74) is 0.366. The third-order valence-corrected chi connectivity index (χ3v) is 4.58. The van der Waals surface area contributed by atoms with E-state index in [2.05, 4.69) is 26.8 Å². The monoisotopic (exact) mass is 307 g/mol. The van der Waals surface area contributed by atoms with Crippen LogP contribution in [0.4, 0.5) is 0 Å². The molecule has 2 unspecified atom stereocenters. The van der Waals surface area contributed by atoms with Crippen LogP contribution in [0.3, 0.4) is 0 Å². The predicted octanol–water partition coefficient (Wildman–Crippen LogP) is 5.39. The summed E-state index contributed by atoms with van der Waals surface area (Å²) in [6, 6.07) is 7.81. The van der Waals surface area contributed by atoms with Gasteiger partial charge in [-0.3, -0.25) is 4.99 Å². The molecule has 2 rings (SSSR count). The molecule has 0 fully saturated rings. The van der Waals surface area contributed by atoms with E-state index in [1.807, 2.05) is 48.7 Å². The van der Waals surface area contributed by atoms with Crippen molar-refractivity contribution < 1.29 is 0 Å². The molecule has 1 aliphatic rings. The van der Waals surface area contributed by atoms with Crippen LogP contribution in [0.15, 0.2) is 53.6 Å². The molecule has 0 aliphatic heterocycles. The van der Waals surface area contributed by atoms with Crippen LogP contribution in [0.25, 0.3) is 0 Å². The molecule has 0 heterocycles. The lowest BCUT2D eigenvalue weighted by atomic mass is 9.84. The predicted molar refractivity (Wildman–Crippen MR) is 89.0 cm³/mol. The van der Waals surface area contributed by atoms with Crippen molar-refractivity contribution in [2.45, 2.75) is 31.7 Å². The van der Waals surface area contributed by atoms with Crippen LogP contribution in [-0.2, 0) is 5.54 Å². The van der Waals surface area contributed by atoms with Crippen LogP contribution in [0.1, 0.15) is 26.3 Å². The maximum Gasteiger partial charge on any atom is 0.0811 e. The molecule has 0 aromatic heterocycles. The lowest BCUT2D eigenvalue weighted by Crippen LogP contribution is -2.29. The molecule has 0 radical (unpaired) electrons. The molecule has 1 aromatic rings. The summed E-state index contributed by atoms with van der Waals surface area (Å²) in [7, 11) is 0. The summed E-state index contributed by atoms with van der Waals surface area (Å²) in [6.45, 7) is 6.19. The van der Waals surface area contributed by atoms with E-state index in [1.54, 1.807) is 0 Å². The third-order valence-electron chi connectivity index (χ3n) is 3.64. The molecular weight excluding hydrogens is 289 g/mol. The molecule has 0 spiro atoms. The van der Waals surface area contributed by atoms with Gasteiger partial charge in [-0.1, -0.05) is 54.1 Å². The molecule has 20 heavy (non-hydrogen) atoms. The molecule has 3 heteroatoms. The summed E-state index contributed by atoms with van der Waals surface area (Å²) < 4.78 is 0. The Balaban J connectivity index is 2.28. The van der Waals surface area contributed by atoms with E-state index in [-0.39, 0.29) is 16.3 Å². The van der Waals surface area contributed by atoms with Gasteiger partial charge in [0.1, 0.15) is 0 Å². The van der Waals surface area contributed by atoms with Gasteiger partial charge in [-0.2, -0.15) is 0 Å². The van der Waals surface area contributed by atoms with Crippen LogP contribution in [0.2, 0.25) is 5.02 Å². The van der Waals surface area contributed by atoms with Crippen LogP contribution in [-0.4, -0.2) is 11.6 Å². The Kier molecular flexibility index (Phi) is 4.41. The zero-order valence-corrected chi connectivity index (χ0v) is 13.5. The zero-order valence-electron chi connectivity index (χ0n) is 12.0. The van der Waals surface area contributed by atoms with Crippen molar-refractivity contribution in [1.82, 2.24) is 0 Å². The molecule has 0 amide bonds. The second-order valence-corrected chi connectivity index (χ2v) is 6.69. The summed E-state index contributed by atoms with van der Waals surface area (Å²) in [4.78, 5) is 4.75. The van der Waals surface area contributed by atoms with Crippen molar-refractivity contribution in [3.63, 3.8) is 0 Å². The van der Waals surface area contributed by atoms with Crippen LogP contribution >= 0.6 is 23.2 Å². The van der Waals surface area contributed by atoms with Crippen molar-refractivity contribution in [2.24, 2.45) is 10.4 Å². The van der Waals surface area contributed by atoms with E-state index in [0.717, 1.165) is 10.6 Å². The molecule has 0 saturated carbocycles. The Morgan fingerprint density at radius 2 is 1.95 bits per heavy atom. The number of nitrogens with zero attached hydrogens (tertiary/aromatic N) is 1. The number of aliphatic imine (C=N–C) groups is 1. The average Bonchev–Trinajstić information content (AvgIpc) is 2.41. The van der Waals surface area contributed by atoms with Gasteiger partial charge in [0.25, 0.3) is 0 Å². The standard InChI is InChI=1S/C17H19Cl2N/c1-16(2,13-8-4-5-9-14(13)18)20-12-17(3)11-7-6-10-15(17)19/h4-12,15H,1-3H3. The first kappa shape index (κ1) is 15.3. The first-order valence-electron chi connectivity index (χ1n) is 6.67. The summed E-state index contributed by atoms with van der Waals surface area (Å²) in [5.74, 6) is 0. The second-order valence-electron chi connectivity index (χ2n) is 5.81. The van der Waals surface area contributed by atoms with E-state index in [9.17, 15) is 0 Å². The van der Waals surface area contributed by atoms with Crippen LogP contribution < -0.4 is 0 Å². The second kappa shape index (κ2) is 5.75. The lowest BCUT2D eigenvalue weighted by molar-refractivity contribution is 0.540. The van der Waals surface area contributed by atoms with Gasteiger partial charge in [0, 0.05) is 16.7 Å². The largest absolute Gasteiger partial charge is 0.286 e. The minimum Gasteiger partial charge on any atom is -0.286 e. The van der Waals surface area contributed by atoms with E-state index in [4.69, 9.17) is 28.2 Å². The van der Waals surface area contributed by atoms with Crippen molar-refractivity contribution in [3.8, 4) is 0 Å². The van der Waals surface area contributed by atoms with E-state index in [1.165, 1.54) is 0 Å². The van der Waals surface area contributed by atoms with Gasteiger partial charge in [-0.15, -0.1) is 11.6 Å². The van der Waals surface area contributed by atoms with Crippen molar-refractivity contribution in [1.29, 1.82) is 0 Å². The van der Waals surface area contributed by atoms with E-state index >= 15 is 0 Å². The maximum atomic E-state index is 6.37. The summed E-state index contributed by atoms with van der Waals surface area (Å²) in [6.07, 6.45) is 9.97. The fraction of sp³-hybridized carbons (Fsp3) is 0.353. The summed E-state index contributed by atoms with van der Waals surface area (Å²) >= 11 is 12.6. The number of halogens is 2. The smallest absolute Gasteiger partial charge is 0.0811 e. The molecule has 1 nitrogen and oxygen atoms in total. The first-order valence-corrected chi connectivity index (χ1v) is 7.48. The Bertz CT molecular complexity index is 572. The normalized spacial score (nSPS) is 26.4. The molecule has 0 saturated heterocycles. The zero-order chi connectivity index (χ0) is 14.8. The fourth-order valence-corrected chi connectivity index (χ4v) is 2.75. The number of allylic oxidation sites excluding steroid dienone is 4. The molecule has 1 aromatic carbocycles. The van der Waals surface area contributed by atoms with Gasteiger partial charge in [-0.25, -0.2) is 0 Å². The molecule has 0 N–H and O–H groups in total. The molecule has 1 aliphatic carbocycles. The van der Waals surface area contributed by atoms with Crippen LogP contribution in [0.5, 0.6) is 0 Å². The lowest BCUT2D eigenvalue weighted by Gasteiger charge is -2.29. The van der Waals surface area contributed by atoms with Crippen LogP contribution in [0, 0.1) is 5.41 Å². The minimum atomic E-state index is -0.382. The van der Waals surface area contributed by atoms with Crippen molar-refractivity contribution >= 4 is 29.4 Å². The molecule has 106 valence electrons. The quantitative estimate of drug-likeness (QED) is 0.525. The Morgan fingerprint density at radius 3 is 2.60 bits per heavy atom. The van der Waals surface area contributed by atoms with E-state index < -0.39 is 0 Å². The minimum absolute atomic E-state index is 0.0849. The highest BCUT2D eigenvalue weighted by Gasteiger charge is 2.30. The number of hydrogen-bond acceptors (Lipinski definition) is 1. The molecular formula is C17H19Cl2N. The number of hydrogen-bond donors (Lipinski definition) is 0. The highest BCUT2D eigenvalue weighted by Crippen LogP contribution is 2.34. The number of alkyl halides is 1. The van der Waals surface area contributed by atoms with Gasteiger partial charge < -0.3 is 0 Å². The van der Waals surface area contributed by atoms with E-state index in [0.29, 0.717) is 0 Å². The van der Waals surface area contributed by atoms with Gasteiger partial charge in [-0.05, 0) is 32.4 Å². The fourth-order valence-electron chi connectivity index (χ4n) is 2.17. The Morgan fingerprint density at radius 1 is 1.25 bits per heavy atom. The molecule has 0 bridgehead atoms. The summed E-state index contributed by atoms with van der Waals surface area (Å²) in [5, 5.41) is 0.652. The third kappa shape index (κ3) is 3.16. The highest BCUT2D eigenvalue weighted by molar-refractivity contribution is 6.31. The number of rotatable bonds is 3.